The van der Waals surface area contributed by atoms with Gasteiger partial charge in [-0.1, -0.05) is 24.3 Å². The van der Waals surface area contributed by atoms with E-state index in [1.807, 2.05) is 36.4 Å². The summed E-state index contributed by atoms with van der Waals surface area (Å²) in [6, 6.07) is 25.1. The largest absolute Gasteiger partial charge is 0.457 e. The third-order valence-electron chi connectivity index (χ3n) is 5.06. The Hall–Kier alpha value is -4.43. The number of anilines is 1. The van der Waals surface area contributed by atoms with Crippen LogP contribution in [0.15, 0.2) is 83.9 Å². The predicted octanol–water partition coefficient (Wildman–Crippen LogP) is 3.20. The summed E-state index contributed by atoms with van der Waals surface area (Å²) in [5, 5.41) is 0. The van der Waals surface area contributed by atoms with Crippen molar-refractivity contribution in [1.82, 2.24) is 19.1 Å². The van der Waals surface area contributed by atoms with E-state index in [0.717, 1.165) is 11.3 Å². The van der Waals surface area contributed by atoms with Crippen LogP contribution in [0.4, 0.5) is 5.82 Å². The minimum atomic E-state index is -0.321. The van der Waals surface area contributed by atoms with E-state index in [-0.39, 0.29) is 11.5 Å². The number of para-hydroxylation sites is 1. The summed E-state index contributed by atoms with van der Waals surface area (Å²) in [5.74, 6) is 1.58. The average molecular weight is 423 g/mol. The molecule has 0 aliphatic carbocycles. The maximum atomic E-state index is 13.5. The van der Waals surface area contributed by atoms with Gasteiger partial charge in [-0.05, 0) is 60.2 Å². The van der Waals surface area contributed by atoms with E-state index < -0.39 is 0 Å². The van der Waals surface area contributed by atoms with Crippen LogP contribution in [-0.4, -0.2) is 19.1 Å². The fourth-order valence-electron chi connectivity index (χ4n) is 3.52. The van der Waals surface area contributed by atoms with Crippen molar-refractivity contribution in [3.05, 3.63) is 101 Å². The normalized spacial score (nSPS) is 11.0. The minimum absolute atomic E-state index is 0.207. The third-order valence-corrected chi connectivity index (χ3v) is 5.06. The van der Waals surface area contributed by atoms with Crippen LogP contribution in [0.5, 0.6) is 11.5 Å². The zero-order valence-electron chi connectivity index (χ0n) is 17.0. The highest BCUT2D eigenvalue weighted by molar-refractivity contribution is 5.85. The van der Waals surface area contributed by atoms with E-state index in [1.165, 1.54) is 15.5 Å². The smallest absolute Gasteiger partial charge is 0.339 e. The van der Waals surface area contributed by atoms with Gasteiger partial charge in [-0.15, -0.1) is 0 Å². The summed E-state index contributed by atoms with van der Waals surface area (Å²) >= 11 is 0. The lowest BCUT2D eigenvalue weighted by Gasteiger charge is -2.08. The highest BCUT2D eigenvalue weighted by Crippen LogP contribution is 2.26. The summed E-state index contributed by atoms with van der Waals surface area (Å²) < 4.78 is 8.83. The number of imidazole rings is 1. The zero-order valence-corrected chi connectivity index (χ0v) is 17.0. The van der Waals surface area contributed by atoms with Gasteiger partial charge in [0.05, 0.1) is 11.4 Å². The van der Waals surface area contributed by atoms with Gasteiger partial charge in [0.25, 0.3) is 0 Å². The van der Waals surface area contributed by atoms with E-state index >= 15 is 0 Å². The van der Waals surface area contributed by atoms with Crippen LogP contribution in [0, 0.1) is 6.07 Å². The molecule has 3 aromatic carbocycles. The molecule has 0 bridgehead atoms. The van der Waals surface area contributed by atoms with Gasteiger partial charge in [-0.3, -0.25) is 4.57 Å². The molecule has 0 amide bonds. The molecule has 4 N–H and O–H groups in total. The number of nitrogen functional groups attached to an aromatic ring is 1. The van der Waals surface area contributed by atoms with E-state index in [1.54, 1.807) is 36.4 Å². The Morgan fingerprint density at radius 1 is 0.875 bits per heavy atom. The summed E-state index contributed by atoms with van der Waals surface area (Å²) in [4.78, 5) is 21.9. The Morgan fingerprint density at radius 3 is 2.28 bits per heavy atom. The number of rotatable bonds is 5. The van der Waals surface area contributed by atoms with Crippen molar-refractivity contribution in [3.63, 3.8) is 0 Å². The molecular formula is C24H19N6O2. The number of hydrogen-bond donors (Lipinski definition) is 2. The highest BCUT2D eigenvalue weighted by atomic mass is 16.5. The molecular weight excluding hydrogens is 404 g/mol. The molecule has 8 nitrogen and oxygen atoms in total. The van der Waals surface area contributed by atoms with Crippen molar-refractivity contribution >= 4 is 17.0 Å². The molecule has 8 heteroatoms. The summed E-state index contributed by atoms with van der Waals surface area (Å²) in [7, 11) is 0. The molecule has 0 unspecified atom stereocenters. The Labute approximate surface area is 183 Å². The molecule has 1 radical (unpaired) electrons. The second kappa shape index (κ2) is 8.01. The fourth-order valence-corrected chi connectivity index (χ4v) is 3.52. The van der Waals surface area contributed by atoms with Crippen molar-refractivity contribution in [2.24, 2.45) is 5.73 Å². The minimum Gasteiger partial charge on any atom is -0.457 e. The van der Waals surface area contributed by atoms with Crippen LogP contribution in [-0.2, 0) is 6.54 Å². The number of hydrogen-bond acceptors (Lipinski definition) is 6. The van der Waals surface area contributed by atoms with Crippen molar-refractivity contribution < 1.29 is 4.74 Å². The monoisotopic (exact) mass is 423 g/mol. The van der Waals surface area contributed by atoms with Crippen LogP contribution in [0.2, 0.25) is 0 Å². The molecule has 157 valence electrons. The van der Waals surface area contributed by atoms with Crippen molar-refractivity contribution in [2.75, 3.05) is 5.73 Å². The van der Waals surface area contributed by atoms with E-state index in [0.29, 0.717) is 34.8 Å². The predicted molar refractivity (Wildman–Crippen MR) is 122 cm³/mol. The molecule has 2 heterocycles. The van der Waals surface area contributed by atoms with Crippen molar-refractivity contribution in [1.29, 1.82) is 0 Å². The topological polar surface area (TPSA) is 114 Å². The molecule has 0 saturated heterocycles. The van der Waals surface area contributed by atoms with Gasteiger partial charge in [-0.25, -0.2) is 19.3 Å². The summed E-state index contributed by atoms with van der Waals surface area (Å²) in [6.07, 6.45) is 1.34. The molecule has 2 aromatic heterocycles. The second-order valence-corrected chi connectivity index (χ2v) is 7.07. The first-order valence-corrected chi connectivity index (χ1v) is 9.94. The number of fused-ring (bicyclic) bond motifs is 1. The lowest BCUT2D eigenvalue weighted by Crippen LogP contribution is -2.22. The lowest BCUT2D eigenvalue weighted by atomic mass is 10.2. The van der Waals surface area contributed by atoms with Crippen molar-refractivity contribution in [3.8, 4) is 22.9 Å². The van der Waals surface area contributed by atoms with Gasteiger partial charge in [0, 0.05) is 6.54 Å². The zero-order chi connectivity index (χ0) is 22.1. The molecule has 0 aliphatic rings. The Morgan fingerprint density at radius 2 is 1.59 bits per heavy atom. The molecule has 0 atom stereocenters. The van der Waals surface area contributed by atoms with Crippen LogP contribution < -0.4 is 21.9 Å². The Kier molecular flexibility index (Phi) is 4.89. The van der Waals surface area contributed by atoms with Gasteiger partial charge in [-0.2, -0.15) is 0 Å². The number of ether oxygens (including phenoxy) is 1. The first-order chi connectivity index (χ1) is 15.7. The van der Waals surface area contributed by atoms with Crippen LogP contribution in [0.25, 0.3) is 22.5 Å². The van der Waals surface area contributed by atoms with Gasteiger partial charge in [0.15, 0.2) is 11.5 Å². The SMILES string of the molecule is NCc1[c]cc(-n2c(=O)n(-c3ccc(Oc4ccccc4)cc3)c3c(N)ncnc32)cc1. The maximum absolute atomic E-state index is 13.5. The number of benzene rings is 3. The standard InChI is InChI=1S/C24H19N6O2/c25-14-16-6-8-18(9-7-16)30-23-21(22(26)27-15-28-23)29(24(30)31)17-10-12-20(13-11-17)32-19-4-2-1-3-5-19/h1-6,8-13,15H,14,25H2,(H2,26,27,28). The van der Waals surface area contributed by atoms with Crippen LogP contribution >= 0.6 is 0 Å². The van der Waals surface area contributed by atoms with Gasteiger partial charge in [0.2, 0.25) is 0 Å². The quantitative estimate of drug-likeness (QED) is 0.449. The van der Waals surface area contributed by atoms with E-state index in [4.69, 9.17) is 16.2 Å². The van der Waals surface area contributed by atoms with Crippen LogP contribution in [0.3, 0.4) is 0 Å². The highest BCUT2D eigenvalue weighted by Gasteiger charge is 2.20. The number of nitrogens with two attached hydrogens (primary N) is 2. The molecule has 0 saturated carbocycles. The first kappa shape index (κ1) is 19.5. The van der Waals surface area contributed by atoms with Crippen molar-refractivity contribution in [2.45, 2.75) is 6.54 Å². The Balaban J connectivity index is 1.63. The molecule has 32 heavy (non-hydrogen) atoms. The van der Waals surface area contributed by atoms with Gasteiger partial charge < -0.3 is 16.2 Å². The molecule has 0 fully saturated rings. The van der Waals surface area contributed by atoms with Gasteiger partial charge in [0.1, 0.15) is 23.3 Å². The van der Waals surface area contributed by atoms with Gasteiger partial charge >= 0.3 is 5.69 Å². The average Bonchev–Trinajstić information content (AvgIpc) is 3.13. The number of aromatic nitrogens is 4. The lowest BCUT2D eigenvalue weighted by molar-refractivity contribution is 0.482. The van der Waals surface area contributed by atoms with E-state index in [9.17, 15) is 4.79 Å². The first-order valence-electron chi connectivity index (χ1n) is 9.94. The molecule has 5 rings (SSSR count). The van der Waals surface area contributed by atoms with E-state index in [2.05, 4.69) is 16.0 Å². The number of nitrogens with zero attached hydrogens (tertiary/aromatic N) is 4. The second-order valence-electron chi connectivity index (χ2n) is 7.07. The molecule has 5 aromatic rings. The molecule has 0 aliphatic heterocycles. The van der Waals surface area contributed by atoms with Crippen LogP contribution in [0.1, 0.15) is 5.56 Å². The molecule has 0 spiro atoms. The third kappa shape index (κ3) is 3.38. The summed E-state index contributed by atoms with van der Waals surface area (Å²) in [5.41, 5.74) is 14.4. The fraction of sp³-hybridized carbons (Fsp3) is 0.0417. The Bertz CT molecular complexity index is 1440. The summed E-state index contributed by atoms with van der Waals surface area (Å²) in [6.45, 7) is 0.365. The maximum Gasteiger partial charge on any atom is 0.339 e.